The normalized spacial score (nSPS) is 15.4. The number of nitrogens with one attached hydrogen (secondary N) is 1. The summed E-state index contributed by atoms with van der Waals surface area (Å²) < 4.78 is 11.4. The summed E-state index contributed by atoms with van der Waals surface area (Å²) in [5.74, 6) is 3.94. The molecule has 3 aromatic heterocycles. The van der Waals surface area contributed by atoms with Crippen molar-refractivity contribution in [3.05, 3.63) is 63.5 Å². The lowest BCUT2D eigenvalue weighted by Gasteiger charge is -2.22. The largest absolute Gasteiger partial charge is 0.491 e. The van der Waals surface area contributed by atoms with E-state index in [1.54, 1.807) is 19.2 Å². The fraction of sp³-hybridized carbons (Fsp3) is 0.414. The molecule has 6 rings (SSSR count). The number of aryl methyl sites for hydroxylation is 2. The summed E-state index contributed by atoms with van der Waals surface area (Å²) in [6.07, 6.45) is 3.64. The van der Waals surface area contributed by atoms with Crippen LogP contribution >= 0.6 is 11.6 Å². The molecule has 0 saturated heterocycles. The van der Waals surface area contributed by atoms with Crippen LogP contribution in [0.15, 0.2) is 28.9 Å². The minimum Gasteiger partial charge on any atom is -0.491 e. The first-order chi connectivity index (χ1) is 19.3. The summed E-state index contributed by atoms with van der Waals surface area (Å²) in [4.78, 5) is 21.8. The second-order valence-corrected chi connectivity index (χ2v) is 10.9. The van der Waals surface area contributed by atoms with Crippen molar-refractivity contribution in [2.75, 3.05) is 25.1 Å². The molecule has 0 radical (unpaired) electrons. The van der Waals surface area contributed by atoms with Crippen LogP contribution in [0.4, 0.5) is 5.82 Å². The van der Waals surface area contributed by atoms with Gasteiger partial charge in [-0.15, -0.1) is 0 Å². The van der Waals surface area contributed by atoms with Gasteiger partial charge in [-0.1, -0.05) is 16.8 Å². The van der Waals surface area contributed by atoms with Gasteiger partial charge >= 0.3 is 0 Å². The molecule has 11 heteroatoms. The Morgan fingerprint density at radius 2 is 2.00 bits per heavy atom. The summed E-state index contributed by atoms with van der Waals surface area (Å²) >= 11 is 6.70. The number of nitrogens with zero attached hydrogens (tertiary/aromatic N) is 6. The van der Waals surface area contributed by atoms with Crippen molar-refractivity contribution in [2.24, 2.45) is 0 Å². The number of rotatable bonds is 9. The van der Waals surface area contributed by atoms with E-state index in [1.165, 1.54) is 0 Å². The highest BCUT2D eigenvalue weighted by molar-refractivity contribution is 6.33. The molecule has 0 unspecified atom stereocenters. The topological polar surface area (TPSA) is 122 Å². The molecule has 0 spiro atoms. The third kappa shape index (κ3) is 5.14. The quantitative estimate of drug-likeness (QED) is 0.301. The highest BCUT2D eigenvalue weighted by Crippen LogP contribution is 2.41. The number of aliphatic hydroxyl groups excluding tert-OH is 1. The van der Waals surface area contributed by atoms with Crippen LogP contribution in [0.2, 0.25) is 5.02 Å². The van der Waals surface area contributed by atoms with E-state index in [4.69, 9.17) is 35.8 Å². The molecule has 1 atom stereocenters. The third-order valence-electron chi connectivity index (χ3n) is 7.37. The maximum Gasteiger partial charge on any atom is 0.163 e. The van der Waals surface area contributed by atoms with Crippen LogP contribution < -0.4 is 15.0 Å². The Bertz CT molecular complexity index is 1550. The molecule has 1 aromatic carbocycles. The fourth-order valence-electron chi connectivity index (χ4n) is 5.11. The van der Waals surface area contributed by atoms with Gasteiger partial charge in [0.25, 0.3) is 0 Å². The number of hydrogen-bond donors (Lipinski definition) is 2. The van der Waals surface area contributed by atoms with Gasteiger partial charge in [-0.2, -0.15) is 0 Å². The molecule has 40 heavy (non-hydrogen) atoms. The molecule has 1 aliphatic carbocycles. The Morgan fingerprint density at radius 1 is 1.18 bits per heavy atom. The Kier molecular flexibility index (Phi) is 7.16. The van der Waals surface area contributed by atoms with Gasteiger partial charge in [-0.3, -0.25) is 0 Å². The molecule has 1 aliphatic heterocycles. The van der Waals surface area contributed by atoms with E-state index < -0.39 is 6.10 Å². The van der Waals surface area contributed by atoms with E-state index in [0.717, 1.165) is 58.3 Å². The van der Waals surface area contributed by atoms with Gasteiger partial charge in [0.2, 0.25) is 0 Å². The van der Waals surface area contributed by atoms with Crippen LogP contribution in [-0.4, -0.2) is 56.5 Å². The molecule has 208 valence electrons. The van der Waals surface area contributed by atoms with Crippen molar-refractivity contribution in [2.45, 2.75) is 58.7 Å². The number of aliphatic hydroxyl groups is 1. The first kappa shape index (κ1) is 26.6. The van der Waals surface area contributed by atoms with E-state index in [0.29, 0.717) is 53.5 Å². The maximum atomic E-state index is 10.1. The lowest BCUT2D eigenvalue weighted by molar-refractivity contribution is 0.108. The van der Waals surface area contributed by atoms with Crippen LogP contribution in [0.5, 0.6) is 5.75 Å². The first-order valence-electron chi connectivity index (χ1n) is 13.5. The van der Waals surface area contributed by atoms with Gasteiger partial charge in [0, 0.05) is 41.9 Å². The summed E-state index contributed by atoms with van der Waals surface area (Å²) in [5, 5.41) is 17.7. The molecule has 1 fully saturated rings. The molecular weight excluding hydrogens is 530 g/mol. The third-order valence-corrected chi connectivity index (χ3v) is 7.70. The van der Waals surface area contributed by atoms with Crippen LogP contribution in [0.3, 0.4) is 0 Å². The van der Waals surface area contributed by atoms with E-state index in [9.17, 15) is 5.11 Å². The monoisotopic (exact) mass is 561 g/mol. The highest BCUT2D eigenvalue weighted by atomic mass is 35.5. The standard InChI is InChI=1S/C29H32ClN7O3/c1-15-26(25-16(2)36-40-17(25)3)34-28(22-9-21(7-8-23(22)30)39-14-20(38)11-31-4)35-29(15)37-12-19-10-32-27(18-5-6-18)33-24(19)13-37/h7-10,18,20,31,38H,5-6,11-14H2,1-4H3/t20-/m1/s1. The van der Waals surface area contributed by atoms with Crippen LogP contribution in [0, 0.1) is 20.8 Å². The molecule has 4 aromatic rings. The predicted octanol–water partition coefficient (Wildman–Crippen LogP) is 4.52. The zero-order valence-corrected chi connectivity index (χ0v) is 23.8. The zero-order valence-electron chi connectivity index (χ0n) is 23.0. The van der Waals surface area contributed by atoms with Crippen molar-refractivity contribution in [1.29, 1.82) is 0 Å². The average molecular weight is 562 g/mol. The Hall–Kier alpha value is -3.60. The molecule has 2 N–H and O–H groups in total. The molecule has 10 nitrogen and oxygen atoms in total. The van der Waals surface area contributed by atoms with E-state index in [2.05, 4.69) is 20.4 Å². The van der Waals surface area contributed by atoms with Gasteiger partial charge < -0.3 is 24.6 Å². The van der Waals surface area contributed by atoms with Crippen molar-refractivity contribution in [3.8, 4) is 28.4 Å². The van der Waals surface area contributed by atoms with E-state index in [-0.39, 0.29) is 6.61 Å². The number of aromatic nitrogens is 5. The lowest BCUT2D eigenvalue weighted by Crippen LogP contribution is -2.29. The number of fused-ring (bicyclic) bond motifs is 1. The number of likely N-dealkylation sites (N-methyl/N-ethyl adjacent to an activating group) is 1. The number of halogens is 1. The minimum absolute atomic E-state index is 0.141. The number of hydrogen-bond acceptors (Lipinski definition) is 10. The molecule has 1 saturated carbocycles. The summed E-state index contributed by atoms with van der Waals surface area (Å²) in [7, 11) is 1.78. The van der Waals surface area contributed by atoms with E-state index in [1.807, 2.05) is 33.0 Å². The Balaban J connectivity index is 1.41. The molecule has 2 aliphatic rings. The smallest absolute Gasteiger partial charge is 0.163 e. The van der Waals surface area contributed by atoms with Crippen LogP contribution in [0.25, 0.3) is 22.6 Å². The fourth-order valence-corrected chi connectivity index (χ4v) is 5.31. The maximum absolute atomic E-state index is 10.1. The molecular formula is C29H32ClN7O3. The van der Waals surface area contributed by atoms with Gasteiger partial charge in [-0.25, -0.2) is 19.9 Å². The van der Waals surface area contributed by atoms with E-state index >= 15 is 0 Å². The number of ether oxygens (including phenoxy) is 1. The van der Waals surface area contributed by atoms with Gasteiger partial charge in [0.05, 0.1) is 34.2 Å². The van der Waals surface area contributed by atoms with Crippen molar-refractivity contribution < 1.29 is 14.4 Å². The first-order valence-corrected chi connectivity index (χ1v) is 13.9. The predicted molar refractivity (Wildman–Crippen MR) is 152 cm³/mol. The lowest BCUT2D eigenvalue weighted by atomic mass is 10.0. The van der Waals surface area contributed by atoms with Gasteiger partial charge in [-0.05, 0) is 58.9 Å². The summed E-state index contributed by atoms with van der Waals surface area (Å²) in [5.41, 5.74) is 6.03. The second kappa shape index (κ2) is 10.8. The van der Waals surface area contributed by atoms with Gasteiger partial charge in [0.15, 0.2) is 5.82 Å². The number of benzene rings is 1. The molecule has 4 heterocycles. The highest BCUT2D eigenvalue weighted by Gasteiger charge is 2.31. The summed E-state index contributed by atoms with van der Waals surface area (Å²) in [6.45, 7) is 7.67. The molecule has 0 bridgehead atoms. The van der Waals surface area contributed by atoms with Crippen molar-refractivity contribution in [1.82, 2.24) is 30.4 Å². The summed E-state index contributed by atoms with van der Waals surface area (Å²) in [6, 6.07) is 5.34. The van der Waals surface area contributed by atoms with Crippen LogP contribution in [-0.2, 0) is 13.1 Å². The molecule has 0 amide bonds. The zero-order chi connectivity index (χ0) is 28.0. The Labute approximate surface area is 237 Å². The SMILES string of the molecule is CNC[C@@H](O)COc1ccc(Cl)c(-c2nc(-c3c(C)noc3C)c(C)c(N3Cc4cnc(C5CC5)nc4C3)n2)c1. The number of anilines is 1. The second-order valence-electron chi connectivity index (χ2n) is 10.5. The van der Waals surface area contributed by atoms with Crippen LogP contribution in [0.1, 0.15) is 52.9 Å². The minimum atomic E-state index is -0.641. The Morgan fingerprint density at radius 3 is 2.73 bits per heavy atom. The average Bonchev–Trinajstić information content (AvgIpc) is 3.62. The van der Waals surface area contributed by atoms with Crippen molar-refractivity contribution in [3.63, 3.8) is 0 Å². The van der Waals surface area contributed by atoms with Gasteiger partial charge in [0.1, 0.15) is 35.9 Å². The van der Waals surface area contributed by atoms with Crippen molar-refractivity contribution >= 4 is 17.4 Å².